The van der Waals surface area contributed by atoms with E-state index in [0.29, 0.717) is 0 Å². The van der Waals surface area contributed by atoms with Crippen LogP contribution in [0.15, 0.2) is 17.3 Å². The van der Waals surface area contributed by atoms with Crippen molar-refractivity contribution in [2.45, 2.75) is 18.7 Å². The van der Waals surface area contributed by atoms with Gasteiger partial charge in [0.05, 0.1) is 11.9 Å². The standard InChI is InChI=1S/C8H13ClN3P/c1-2-5-12(10)11-8-4-3-7(9)6-13-8/h3-4,6-7H,2,5,10H2,1H3/b11-8-. The molecular formula is C8H13ClN3P. The van der Waals surface area contributed by atoms with Crippen molar-refractivity contribution < 1.29 is 0 Å². The number of hydrazine groups is 1. The summed E-state index contributed by atoms with van der Waals surface area (Å²) in [6.45, 7) is 2.84. The van der Waals surface area contributed by atoms with Crippen LogP contribution in [-0.2, 0) is 0 Å². The third kappa shape index (κ3) is 3.90. The van der Waals surface area contributed by atoms with E-state index in [-0.39, 0.29) is 5.38 Å². The Hall–Kier alpha value is -0.370. The number of hydrogen-bond donors (Lipinski definition) is 1. The lowest BCUT2D eigenvalue weighted by Crippen LogP contribution is -2.26. The molecule has 13 heavy (non-hydrogen) atoms. The van der Waals surface area contributed by atoms with Crippen molar-refractivity contribution in [3.05, 3.63) is 12.2 Å². The third-order valence-electron chi connectivity index (χ3n) is 1.46. The van der Waals surface area contributed by atoms with Gasteiger partial charge in [-0.2, -0.15) is 5.10 Å². The summed E-state index contributed by atoms with van der Waals surface area (Å²) < 4.78 is 0. The Balaban J connectivity index is 2.53. The van der Waals surface area contributed by atoms with Gasteiger partial charge in [0.1, 0.15) is 5.45 Å². The van der Waals surface area contributed by atoms with Crippen molar-refractivity contribution in [1.29, 1.82) is 0 Å². The van der Waals surface area contributed by atoms with Crippen LogP contribution in [0.4, 0.5) is 0 Å². The number of nitrogens with zero attached hydrogens (tertiary/aromatic N) is 2. The predicted molar refractivity (Wildman–Crippen MR) is 60.4 cm³/mol. The minimum Gasteiger partial charge on any atom is -0.232 e. The van der Waals surface area contributed by atoms with Crippen LogP contribution in [0.2, 0.25) is 0 Å². The van der Waals surface area contributed by atoms with Crippen LogP contribution in [0.25, 0.3) is 0 Å². The average molecular weight is 218 g/mol. The summed E-state index contributed by atoms with van der Waals surface area (Å²) in [5.74, 6) is 7.58. The van der Waals surface area contributed by atoms with Crippen LogP contribution in [0.1, 0.15) is 13.3 Å². The molecule has 0 saturated carbocycles. The molecule has 2 N–H and O–H groups in total. The smallest absolute Gasteiger partial charge is 0.111 e. The summed E-state index contributed by atoms with van der Waals surface area (Å²) in [5, 5.41) is 5.69. The molecule has 1 unspecified atom stereocenters. The Labute approximate surface area is 85.0 Å². The average Bonchev–Trinajstić information content (AvgIpc) is 2.09. The lowest BCUT2D eigenvalue weighted by molar-refractivity contribution is 0.301. The van der Waals surface area contributed by atoms with Crippen molar-refractivity contribution in [3.8, 4) is 0 Å². The zero-order valence-electron chi connectivity index (χ0n) is 7.52. The Bertz CT molecular complexity index is 234. The highest BCUT2D eigenvalue weighted by Crippen LogP contribution is 2.12. The monoisotopic (exact) mass is 217 g/mol. The SMILES string of the molecule is CCCN(N)/N=C1/C=CC(Cl)C=P1. The van der Waals surface area contributed by atoms with E-state index >= 15 is 0 Å². The highest BCUT2D eigenvalue weighted by atomic mass is 35.5. The number of halogens is 1. The molecule has 72 valence electrons. The summed E-state index contributed by atoms with van der Waals surface area (Å²) in [5.41, 5.74) is 0.938. The highest BCUT2D eigenvalue weighted by molar-refractivity contribution is 7.59. The maximum absolute atomic E-state index is 5.83. The van der Waals surface area contributed by atoms with Crippen molar-refractivity contribution in [2.24, 2.45) is 10.9 Å². The van der Waals surface area contributed by atoms with Gasteiger partial charge in [0.15, 0.2) is 0 Å². The van der Waals surface area contributed by atoms with Crippen molar-refractivity contribution in [3.63, 3.8) is 0 Å². The number of alkyl halides is 1. The van der Waals surface area contributed by atoms with Gasteiger partial charge in [0, 0.05) is 0 Å². The molecule has 0 aromatic heterocycles. The lowest BCUT2D eigenvalue weighted by Gasteiger charge is -2.12. The van der Waals surface area contributed by atoms with E-state index < -0.39 is 0 Å². The van der Waals surface area contributed by atoms with E-state index in [9.17, 15) is 0 Å². The van der Waals surface area contributed by atoms with Gasteiger partial charge in [0.2, 0.25) is 0 Å². The molecule has 5 heteroatoms. The van der Waals surface area contributed by atoms with Gasteiger partial charge < -0.3 is 0 Å². The van der Waals surface area contributed by atoms with Gasteiger partial charge in [-0.05, 0) is 26.5 Å². The largest absolute Gasteiger partial charge is 0.232 e. The molecule has 0 saturated heterocycles. The van der Waals surface area contributed by atoms with E-state index in [1.54, 1.807) is 0 Å². The summed E-state index contributed by atoms with van der Waals surface area (Å²) in [7, 11) is 1.03. The fourth-order valence-corrected chi connectivity index (χ4v) is 1.86. The van der Waals surface area contributed by atoms with Gasteiger partial charge >= 0.3 is 0 Å². The summed E-state index contributed by atoms with van der Waals surface area (Å²) >= 11 is 5.83. The first-order chi connectivity index (χ1) is 6.22. The molecule has 0 aromatic rings. The first-order valence-electron chi connectivity index (χ1n) is 4.19. The third-order valence-corrected chi connectivity index (χ3v) is 2.88. The van der Waals surface area contributed by atoms with Gasteiger partial charge in [-0.1, -0.05) is 13.0 Å². The molecule has 1 aliphatic rings. The van der Waals surface area contributed by atoms with Crippen LogP contribution in [0.5, 0.6) is 0 Å². The molecule has 0 radical (unpaired) electrons. The van der Waals surface area contributed by atoms with E-state index in [1.807, 2.05) is 17.9 Å². The number of rotatable bonds is 3. The molecule has 0 aromatic carbocycles. The Morgan fingerprint density at radius 2 is 2.54 bits per heavy atom. The molecule has 0 amide bonds. The number of hydrogen-bond acceptors (Lipinski definition) is 3. The van der Waals surface area contributed by atoms with Crippen LogP contribution < -0.4 is 5.84 Å². The lowest BCUT2D eigenvalue weighted by atomic mass is 10.4. The first kappa shape index (κ1) is 10.7. The van der Waals surface area contributed by atoms with Gasteiger partial charge in [-0.25, -0.2) is 11.0 Å². The Kier molecular flexibility index (Phi) is 4.43. The second-order valence-electron chi connectivity index (χ2n) is 2.70. The van der Waals surface area contributed by atoms with Crippen molar-refractivity contribution in [2.75, 3.05) is 6.54 Å². The quantitative estimate of drug-likeness (QED) is 0.339. The molecule has 0 bridgehead atoms. The van der Waals surface area contributed by atoms with E-state index in [2.05, 4.69) is 12.0 Å². The number of hydrazone groups is 1. The fourth-order valence-electron chi connectivity index (χ4n) is 0.888. The molecule has 0 spiro atoms. The zero-order chi connectivity index (χ0) is 9.68. The molecule has 1 heterocycles. The normalized spacial score (nSPS) is 25.2. The minimum atomic E-state index is 0.0259. The number of nitrogens with two attached hydrogens (primary N) is 1. The van der Waals surface area contributed by atoms with Crippen molar-refractivity contribution in [1.82, 2.24) is 5.12 Å². The second-order valence-corrected chi connectivity index (χ2v) is 4.22. The van der Waals surface area contributed by atoms with Crippen LogP contribution in [0.3, 0.4) is 0 Å². The number of allylic oxidation sites excluding steroid dienone is 2. The van der Waals surface area contributed by atoms with Gasteiger partial charge in [-0.3, -0.25) is 0 Å². The van der Waals surface area contributed by atoms with E-state index in [1.165, 1.54) is 5.12 Å². The van der Waals surface area contributed by atoms with Gasteiger partial charge in [0.25, 0.3) is 0 Å². The zero-order valence-corrected chi connectivity index (χ0v) is 9.17. The molecule has 1 atom stereocenters. The minimum absolute atomic E-state index is 0.0259. The molecule has 0 aliphatic carbocycles. The Morgan fingerprint density at radius 3 is 3.08 bits per heavy atom. The van der Waals surface area contributed by atoms with Crippen LogP contribution in [0, 0.1) is 0 Å². The van der Waals surface area contributed by atoms with Crippen LogP contribution in [-0.4, -0.2) is 28.3 Å². The summed E-state index contributed by atoms with van der Waals surface area (Å²) in [4.78, 5) is 0. The van der Waals surface area contributed by atoms with Gasteiger partial charge in [-0.15, -0.1) is 11.6 Å². The second kappa shape index (κ2) is 5.38. The molecule has 1 rings (SSSR count). The Morgan fingerprint density at radius 1 is 1.77 bits per heavy atom. The van der Waals surface area contributed by atoms with E-state index in [4.69, 9.17) is 17.4 Å². The van der Waals surface area contributed by atoms with E-state index in [0.717, 1.165) is 26.6 Å². The van der Waals surface area contributed by atoms with Crippen molar-refractivity contribution >= 4 is 31.1 Å². The topological polar surface area (TPSA) is 41.6 Å². The maximum Gasteiger partial charge on any atom is 0.111 e. The fraction of sp³-hybridized carbons (Fsp3) is 0.500. The summed E-state index contributed by atoms with van der Waals surface area (Å²) in [6, 6.07) is 0. The maximum atomic E-state index is 5.83. The van der Waals surface area contributed by atoms with Crippen LogP contribution >= 0.6 is 19.8 Å². The molecule has 1 aliphatic heterocycles. The molecule has 3 nitrogen and oxygen atoms in total. The first-order valence-corrected chi connectivity index (χ1v) is 5.59. The molecule has 0 fully saturated rings. The highest BCUT2D eigenvalue weighted by Gasteiger charge is 2.02. The summed E-state index contributed by atoms with van der Waals surface area (Å²) in [6.07, 6.45) is 4.81. The molecular weight excluding hydrogens is 205 g/mol. The predicted octanol–water partition coefficient (Wildman–Crippen LogP) is 1.81.